The first-order valence-corrected chi connectivity index (χ1v) is 5.51. The van der Waals surface area contributed by atoms with Crippen molar-refractivity contribution in [3.8, 4) is 0 Å². The average molecular weight is 234 g/mol. The predicted molar refractivity (Wildman–Crippen MR) is 70.5 cm³/mol. The summed E-state index contributed by atoms with van der Waals surface area (Å²) in [6, 6.07) is 7.27. The van der Waals surface area contributed by atoms with E-state index in [9.17, 15) is 4.79 Å². The molecule has 0 bridgehead atoms. The molecule has 0 unspecified atom stereocenters. The molecule has 5 heteroatoms. The van der Waals surface area contributed by atoms with E-state index in [4.69, 9.17) is 0 Å². The molecule has 1 aromatic rings. The molecular formula is C12H18N4O. The van der Waals surface area contributed by atoms with Crippen molar-refractivity contribution >= 4 is 17.6 Å². The monoisotopic (exact) mass is 234 g/mol. The lowest BCUT2D eigenvalue weighted by atomic mass is 10.2. The van der Waals surface area contributed by atoms with E-state index in [1.165, 1.54) is 0 Å². The SMILES string of the molecule is CCNC(=O)c1cccc(N/C(=N/C)NC)c1. The zero-order valence-corrected chi connectivity index (χ0v) is 10.4. The zero-order valence-electron chi connectivity index (χ0n) is 10.4. The molecule has 0 aromatic heterocycles. The maximum absolute atomic E-state index is 11.6. The predicted octanol–water partition coefficient (Wildman–Crippen LogP) is 1.05. The van der Waals surface area contributed by atoms with E-state index in [2.05, 4.69) is 20.9 Å². The van der Waals surface area contributed by atoms with Gasteiger partial charge in [0.1, 0.15) is 0 Å². The number of amides is 1. The smallest absolute Gasteiger partial charge is 0.251 e. The Morgan fingerprint density at radius 3 is 2.76 bits per heavy atom. The highest BCUT2D eigenvalue weighted by molar-refractivity contribution is 5.97. The summed E-state index contributed by atoms with van der Waals surface area (Å²) in [7, 11) is 3.47. The standard InChI is InChI=1S/C12H18N4O/c1-4-15-11(17)9-6-5-7-10(8-9)16-12(13-2)14-3/h5-8H,4H2,1-3H3,(H,15,17)(H2,13,14,16). The number of nitrogens with zero attached hydrogens (tertiary/aromatic N) is 1. The molecule has 0 aliphatic rings. The van der Waals surface area contributed by atoms with Crippen LogP contribution in [0.3, 0.4) is 0 Å². The van der Waals surface area contributed by atoms with Crippen molar-refractivity contribution in [3.63, 3.8) is 0 Å². The largest absolute Gasteiger partial charge is 0.359 e. The van der Waals surface area contributed by atoms with Crippen molar-refractivity contribution in [1.82, 2.24) is 10.6 Å². The van der Waals surface area contributed by atoms with Crippen molar-refractivity contribution in [1.29, 1.82) is 0 Å². The van der Waals surface area contributed by atoms with Crippen LogP contribution in [0.1, 0.15) is 17.3 Å². The fourth-order valence-electron chi connectivity index (χ4n) is 1.37. The van der Waals surface area contributed by atoms with Crippen molar-refractivity contribution in [3.05, 3.63) is 29.8 Å². The lowest BCUT2D eigenvalue weighted by Crippen LogP contribution is -2.27. The maximum Gasteiger partial charge on any atom is 0.251 e. The van der Waals surface area contributed by atoms with E-state index in [-0.39, 0.29) is 5.91 Å². The Bertz CT molecular complexity index is 415. The molecule has 0 aliphatic heterocycles. The van der Waals surface area contributed by atoms with Crippen molar-refractivity contribution in [2.45, 2.75) is 6.92 Å². The summed E-state index contributed by atoms with van der Waals surface area (Å²) in [6.45, 7) is 2.51. The van der Waals surface area contributed by atoms with Gasteiger partial charge in [0.2, 0.25) is 0 Å². The first-order valence-electron chi connectivity index (χ1n) is 5.51. The minimum absolute atomic E-state index is 0.0735. The molecule has 0 aliphatic carbocycles. The Balaban J connectivity index is 2.82. The Labute approximate surface area is 101 Å². The zero-order chi connectivity index (χ0) is 12.7. The van der Waals surface area contributed by atoms with Gasteiger partial charge in [-0.1, -0.05) is 6.07 Å². The van der Waals surface area contributed by atoms with E-state index in [0.717, 1.165) is 5.69 Å². The fraction of sp³-hybridized carbons (Fsp3) is 0.333. The van der Waals surface area contributed by atoms with Crippen LogP contribution in [0.2, 0.25) is 0 Å². The number of benzene rings is 1. The second-order valence-corrected chi connectivity index (χ2v) is 3.39. The normalized spacial score (nSPS) is 10.9. The molecule has 3 N–H and O–H groups in total. The average Bonchev–Trinajstić information content (AvgIpc) is 2.36. The summed E-state index contributed by atoms with van der Waals surface area (Å²) in [5, 5.41) is 8.74. The van der Waals surface area contributed by atoms with Gasteiger partial charge in [-0.05, 0) is 25.1 Å². The van der Waals surface area contributed by atoms with Gasteiger partial charge in [0, 0.05) is 31.9 Å². The van der Waals surface area contributed by atoms with Gasteiger partial charge < -0.3 is 16.0 Å². The van der Waals surface area contributed by atoms with Gasteiger partial charge in [0.05, 0.1) is 0 Å². The summed E-state index contributed by atoms with van der Waals surface area (Å²) in [5.41, 5.74) is 1.45. The molecule has 5 nitrogen and oxygen atoms in total. The third-order valence-corrected chi connectivity index (χ3v) is 2.19. The summed E-state index contributed by atoms with van der Waals surface area (Å²) < 4.78 is 0. The van der Waals surface area contributed by atoms with Gasteiger partial charge in [-0.2, -0.15) is 0 Å². The number of nitrogens with one attached hydrogen (secondary N) is 3. The fourth-order valence-corrected chi connectivity index (χ4v) is 1.37. The Morgan fingerprint density at radius 1 is 1.41 bits per heavy atom. The molecule has 0 radical (unpaired) electrons. The van der Waals surface area contributed by atoms with Crippen LogP contribution in [-0.4, -0.2) is 32.5 Å². The number of hydrogen-bond donors (Lipinski definition) is 3. The maximum atomic E-state index is 11.6. The highest BCUT2D eigenvalue weighted by atomic mass is 16.1. The molecule has 17 heavy (non-hydrogen) atoms. The first kappa shape index (κ1) is 13.0. The van der Waals surface area contributed by atoms with Crippen LogP contribution in [-0.2, 0) is 0 Å². The molecular weight excluding hydrogens is 216 g/mol. The summed E-state index contributed by atoms with van der Waals surface area (Å²) in [4.78, 5) is 15.6. The molecule has 0 saturated heterocycles. The lowest BCUT2D eigenvalue weighted by molar-refractivity contribution is 0.0956. The van der Waals surface area contributed by atoms with Gasteiger partial charge >= 0.3 is 0 Å². The molecule has 0 saturated carbocycles. The minimum Gasteiger partial charge on any atom is -0.359 e. The van der Waals surface area contributed by atoms with Gasteiger partial charge in [-0.25, -0.2) is 0 Å². The van der Waals surface area contributed by atoms with Crippen LogP contribution >= 0.6 is 0 Å². The summed E-state index contributed by atoms with van der Waals surface area (Å²) in [6.07, 6.45) is 0. The van der Waals surface area contributed by atoms with Crippen LogP contribution in [0.15, 0.2) is 29.3 Å². The van der Waals surface area contributed by atoms with E-state index in [0.29, 0.717) is 18.1 Å². The Kier molecular flexibility index (Phi) is 5.00. The molecule has 92 valence electrons. The molecule has 1 amide bonds. The van der Waals surface area contributed by atoms with Crippen molar-refractivity contribution < 1.29 is 4.79 Å². The Morgan fingerprint density at radius 2 is 2.18 bits per heavy atom. The van der Waals surface area contributed by atoms with Crippen LogP contribution < -0.4 is 16.0 Å². The topological polar surface area (TPSA) is 65.5 Å². The van der Waals surface area contributed by atoms with E-state index >= 15 is 0 Å². The van der Waals surface area contributed by atoms with Crippen LogP contribution in [0, 0.1) is 0 Å². The van der Waals surface area contributed by atoms with Crippen molar-refractivity contribution in [2.24, 2.45) is 4.99 Å². The molecule has 0 fully saturated rings. The van der Waals surface area contributed by atoms with Gasteiger partial charge in [-0.3, -0.25) is 9.79 Å². The van der Waals surface area contributed by atoms with E-state index < -0.39 is 0 Å². The second-order valence-electron chi connectivity index (χ2n) is 3.39. The van der Waals surface area contributed by atoms with Crippen LogP contribution in [0.5, 0.6) is 0 Å². The van der Waals surface area contributed by atoms with E-state index in [1.807, 2.05) is 19.1 Å². The highest BCUT2D eigenvalue weighted by Crippen LogP contribution is 2.10. The van der Waals surface area contributed by atoms with Gasteiger partial charge in [-0.15, -0.1) is 0 Å². The van der Waals surface area contributed by atoms with Crippen LogP contribution in [0.25, 0.3) is 0 Å². The van der Waals surface area contributed by atoms with Gasteiger partial charge in [0.15, 0.2) is 5.96 Å². The molecule has 1 rings (SSSR count). The third-order valence-electron chi connectivity index (χ3n) is 2.19. The number of anilines is 1. The molecule has 0 spiro atoms. The summed E-state index contributed by atoms with van der Waals surface area (Å²) >= 11 is 0. The number of carbonyl (C=O) groups is 1. The minimum atomic E-state index is -0.0735. The first-order chi connectivity index (χ1) is 8.21. The lowest BCUT2D eigenvalue weighted by Gasteiger charge is -2.09. The quantitative estimate of drug-likeness (QED) is 0.541. The number of hydrogen-bond acceptors (Lipinski definition) is 2. The number of guanidine groups is 1. The molecule has 1 aromatic carbocycles. The summed E-state index contributed by atoms with van der Waals surface area (Å²) in [5.74, 6) is 0.577. The third kappa shape index (κ3) is 3.79. The number of carbonyl (C=O) groups excluding carboxylic acids is 1. The van der Waals surface area contributed by atoms with Gasteiger partial charge in [0.25, 0.3) is 5.91 Å². The number of rotatable bonds is 3. The Hall–Kier alpha value is -2.04. The van der Waals surface area contributed by atoms with E-state index in [1.54, 1.807) is 26.2 Å². The second kappa shape index (κ2) is 6.52. The highest BCUT2D eigenvalue weighted by Gasteiger charge is 2.05. The molecule has 0 heterocycles. The number of aliphatic imine (C=N–C) groups is 1. The van der Waals surface area contributed by atoms with Crippen LogP contribution in [0.4, 0.5) is 5.69 Å². The van der Waals surface area contributed by atoms with Crippen molar-refractivity contribution in [2.75, 3.05) is 26.0 Å². The molecule has 0 atom stereocenters.